The molecule has 0 aliphatic rings. The molecule has 1 atom stereocenters. The number of hydrogen-bond acceptors (Lipinski definition) is 2. The minimum absolute atomic E-state index is 0.204. The second-order valence-electron chi connectivity index (χ2n) is 3.56. The molecule has 0 radical (unpaired) electrons. The fourth-order valence-corrected chi connectivity index (χ4v) is 1.62. The molecule has 1 aromatic carbocycles. The second-order valence-corrected chi connectivity index (χ2v) is 3.56. The standard InChI is InChI=1S/C13H17FO2/c1-3-7-10-8-5-6-9-11(10)12(14)13(15)16-4-2/h5-6,8-9,12H,3-4,7H2,1-2H3. The van der Waals surface area contributed by atoms with E-state index in [1.807, 2.05) is 19.1 Å². The van der Waals surface area contributed by atoms with E-state index in [2.05, 4.69) is 4.74 Å². The van der Waals surface area contributed by atoms with E-state index in [0.717, 1.165) is 18.4 Å². The van der Waals surface area contributed by atoms with Gasteiger partial charge in [0.05, 0.1) is 6.61 Å². The summed E-state index contributed by atoms with van der Waals surface area (Å²) in [6, 6.07) is 7.09. The van der Waals surface area contributed by atoms with E-state index in [0.29, 0.717) is 5.56 Å². The molecule has 2 nitrogen and oxygen atoms in total. The first-order chi connectivity index (χ1) is 7.70. The van der Waals surface area contributed by atoms with Crippen LogP contribution in [0.2, 0.25) is 0 Å². The van der Waals surface area contributed by atoms with Crippen molar-refractivity contribution in [2.24, 2.45) is 0 Å². The van der Waals surface area contributed by atoms with Gasteiger partial charge in [0.1, 0.15) is 0 Å². The van der Waals surface area contributed by atoms with E-state index < -0.39 is 12.1 Å². The maximum absolute atomic E-state index is 13.8. The summed E-state index contributed by atoms with van der Waals surface area (Å²) in [7, 11) is 0. The number of carbonyl (C=O) groups is 1. The highest BCUT2D eigenvalue weighted by atomic mass is 19.1. The molecule has 0 aliphatic heterocycles. The molecule has 0 bridgehead atoms. The number of benzene rings is 1. The Morgan fingerprint density at radius 2 is 2.06 bits per heavy atom. The fourth-order valence-electron chi connectivity index (χ4n) is 1.62. The summed E-state index contributed by atoms with van der Waals surface area (Å²) >= 11 is 0. The Labute approximate surface area is 95.4 Å². The van der Waals surface area contributed by atoms with Crippen molar-refractivity contribution in [2.45, 2.75) is 32.9 Å². The Morgan fingerprint density at radius 1 is 1.38 bits per heavy atom. The summed E-state index contributed by atoms with van der Waals surface area (Å²) in [4.78, 5) is 11.3. The molecule has 16 heavy (non-hydrogen) atoms. The summed E-state index contributed by atoms with van der Waals surface area (Å²) in [5.74, 6) is -0.800. The zero-order chi connectivity index (χ0) is 12.0. The monoisotopic (exact) mass is 224 g/mol. The summed E-state index contributed by atoms with van der Waals surface area (Å²) < 4.78 is 18.5. The molecule has 0 spiro atoms. The van der Waals surface area contributed by atoms with Crippen LogP contribution in [0.1, 0.15) is 37.6 Å². The molecular formula is C13H17FO2. The first-order valence-electron chi connectivity index (χ1n) is 5.59. The number of aryl methyl sites for hydroxylation is 1. The molecule has 1 unspecified atom stereocenters. The molecule has 0 amide bonds. The predicted molar refractivity (Wildman–Crippen MR) is 60.9 cm³/mol. The van der Waals surface area contributed by atoms with Crippen molar-refractivity contribution in [2.75, 3.05) is 6.61 Å². The number of halogens is 1. The Bertz CT molecular complexity index is 350. The van der Waals surface area contributed by atoms with Crippen molar-refractivity contribution in [1.29, 1.82) is 0 Å². The SMILES string of the molecule is CCCc1ccccc1C(F)C(=O)OCC. The Hall–Kier alpha value is -1.38. The van der Waals surface area contributed by atoms with Gasteiger partial charge in [-0.3, -0.25) is 0 Å². The fraction of sp³-hybridized carbons (Fsp3) is 0.462. The van der Waals surface area contributed by atoms with E-state index in [1.54, 1.807) is 19.1 Å². The highest BCUT2D eigenvalue weighted by Gasteiger charge is 2.22. The van der Waals surface area contributed by atoms with Crippen molar-refractivity contribution < 1.29 is 13.9 Å². The highest BCUT2D eigenvalue weighted by molar-refractivity contribution is 5.76. The Balaban J connectivity index is 2.89. The maximum Gasteiger partial charge on any atom is 0.345 e. The zero-order valence-corrected chi connectivity index (χ0v) is 9.70. The second kappa shape index (κ2) is 6.26. The minimum Gasteiger partial charge on any atom is -0.464 e. The van der Waals surface area contributed by atoms with Crippen LogP contribution >= 0.6 is 0 Å². The average molecular weight is 224 g/mol. The summed E-state index contributed by atoms with van der Waals surface area (Å²) in [6.45, 7) is 3.89. The van der Waals surface area contributed by atoms with Gasteiger partial charge in [-0.15, -0.1) is 0 Å². The molecule has 0 saturated heterocycles. The van der Waals surface area contributed by atoms with E-state index in [-0.39, 0.29) is 6.61 Å². The number of carbonyl (C=O) groups excluding carboxylic acids is 1. The minimum atomic E-state index is -1.66. The van der Waals surface area contributed by atoms with Gasteiger partial charge in [0, 0.05) is 5.56 Å². The topological polar surface area (TPSA) is 26.3 Å². The van der Waals surface area contributed by atoms with Crippen LogP contribution in [0.3, 0.4) is 0 Å². The number of esters is 1. The third-order valence-electron chi connectivity index (χ3n) is 2.34. The molecule has 88 valence electrons. The molecule has 0 saturated carbocycles. The van der Waals surface area contributed by atoms with Gasteiger partial charge in [0.2, 0.25) is 6.17 Å². The number of hydrogen-bond donors (Lipinski definition) is 0. The first-order valence-corrected chi connectivity index (χ1v) is 5.59. The molecule has 3 heteroatoms. The third-order valence-corrected chi connectivity index (χ3v) is 2.34. The lowest BCUT2D eigenvalue weighted by Crippen LogP contribution is -2.13. The van der Waals surface area contributed by atoms with Gasteiger partial charge in [0.25, 0.3) is 0 Å². The van der Waals surface area contributed by atoms with Crippen LogP contribution in [-0.2, 0) is 16.0 Å². The Morgan fingerprint density at radius 3 is 2.69 bits per heavy atom. The molecule has 0 fully saturated rings. The molecule has 0 N–H and O–H groups in total. The quantitative estimate of drug-likeness (QED) is 0.718. The number of alkyl halides is 1. The van der Waals surface area contributed by atoms with Crippen molar-refractivity contribution in [3.05, 3.63) is 35.4 Å². The van der Waals surface area contributed by atoms with Crippen LogP contribution in [0.15, 0.2) is 24.3 Å². The van der Waals surface area contributed by atoms with Crippen LogP contribution in [0.4, 0.5) is 4.39 Å². The predicted octanol–water partition coefficient (Wildman–Crippen LogP) is 3.21. The number of ether oxygens (including phenoxy) is 1. The van der Waals surface area contributed by atoms with Crippen molar-refractivity contribution in [3.63, 3.8) is 0 Å². The molecule has 0 aliphatic carbocycles. The van der Waals surface area contributed by atoms with Crippen LogP contribution < -0.4 is 0 Å². The average Bonchev–Trinajstić information content (AvgIpc) is 2.29. The lowest BCUT2D eigenvalue weighted by Gasteiger charge is -2.12. The van der Waals surface area contributed by atoms with Crippen LogP contribution in [-0.4, -0.2) is 12.6 Å². The van der Waals surface area contributed by atoms with Crippen LogP contribution in [0.25, 0.3) is 0 Å². The largest absolute Gasteiger partial charge is 0.464 e. The van der Waals surface area contributed by atoms with Crippen molar-refractivity contribution in [3.8, 4) is 0 Å². The van der Waals surface area contributed by atoms with E-state index in [4.69, 9.17) is 0 Å². The molecule has 1 rings (SSSR count). The summed E-state index contributed by atoms with van der Waals surface area (Å²) in [6.07, 6.45) is 0.0328. The highest BCUT2D eigenvalue weighted by Crippen LogP contribution is 2.23. The Kier molecular flexibility index (Phi) is 4.96. The smallest absolute Gasteiger partial charge is 0.345 e. The number of rotatable bonds is 5. The van der Waals surface area contributed by atoms with Crippen LogP contribution in [0, 0.1) is 0 Å². The van der Waals surface area contributed by atoms with Gasteiger partial charge in [-0.25, -0.2) is 9.18 Å². The van der Waals surface area contributed by atoms with E-state index in [1.165, 1.54) is 0 Å². The van der Waals surface area contributed by atoms with Crippen LogP contribution in [0.5, 0.6) is 0 Å². The van der Waals surface area contributed by atoms with Gasteiger partial charge in [-0.05, 0) is 18.9 Å². The van der Waals surface area contributed by atoms with Gasteiger partial charge >= 0.3 is 5.97 Å². The summed E-state index contributed by atoms with van der Waals surface area (Å²) in [5.41, 5.74) is 1.31. The lowest BCUT2D eigenvalue weighted by atomic mass is 10.00. The maximum atomic E-state index is 13.8. The van der Waals surface area contributed by atoms with Crippen molar-refractivity contribution >= 4 is 5.97 Å². The normalized spacial score (nSPS) is 12.2. The van der Waals surface area contributed by atoms with Gasteiger partial charge in [-0.1, -0.05) is 37.6 Å². The van der Waals surface area contributed by atoms with Gasteiger partial charge in [0.15, 0.2) is 0 Å². The molecular weight excluding hydrogens is 207 g/mol. The first kappa shape index (κ1) is 12.7. The van der Waals surface area contributed by atoms with Crippen molar-refractivity contribution in [1.82, 2.24) is 0 Å². The third kappa shape index (κ3) is 3.05. The molecule has 0 aromatic heterocycles. The lowest BCUT2D eigenvalue weighted by molar-refractivity contribution is -0.149. The summed E-state index contributed by atoms with van der Waals surface area (Å²) in [5, 5.41) is 0. The molecule has 0 heterocycles. The zero-order valence-electron chi connectivity index (χ0n) is 9.70. The van der Waals surface area contributed by atoms with Gasteiger partial charge in [-0.2, -0.15) is 0 Å². The van der Waals surface area contributed by atoms with E-state index in [9.17, 15) is 9.18 Å². The molecule has 1 aromatic rings. The van der Waals surface area contributed by atoms with Gasteiger partial charge < -0.3 is 4.74 Å². The van der Waals surface area contributed by atoms with E-state index >= 15 is 0 Å².